The number of rotatable bonds is 2. The minimum absolute atomic E-state index is 0. The third kappa shape index (κ3) is 5.04. The molecule has 0 bridgehead atoms. The molecule has 0 heterocycles. The van der Waals surface area contributed by atoms with E-state index >= 15 is 0 Å². The zero-order chi connectivity index (χ0) is 14.6. The Kier molecular flexibility index (Phi) is 6.20. The van der Waals surface area contributed by atoms with Gasteiger partial charge >= 0.3 is 0 Å². The zero-order valence-corrected chi connectivity index (χ0v) is 13.2. The largest absolute Gasteiger partial charge is 0.0776 e. The molecule has 0 saturated heterocycles. The van der Waals surface area contributed by atoms with Gasteiger partial charge in [0.2, 0.25) is 0 Å². The first-order valence-corrected chi connectivity index (χ1v) is 7.66. The van der Waals surface area contributed by atoms with Crippen LogP contribution in [0.4, 0.5) is 0 Å². The van der Waals surface area contributed by atoms with Gasteiger partial charge in [-0.25, -0.2) is 0 Å². The van der Waals surface area contributed by atoms with Crippen LogP contribution in [0.5, 0.6) is 0 Å². The molecular weight excluding hydrogens is 252 g/mol. The van der Waals surface area contributed by atoms with Gasteiger partial charge in [-0.05, 0) is 49.7 Å². The monoisotopic (exact) mass is 282 g/mol. The molecule has 0 spiro atoms. The summed E-state index contributed by atoms with van der Waals surface area (Å²) in [6, 6.07) is 17.6. The fourth-order valence-corrected chi connectivity index (χ4v) is 2.26. The molecule has 0 nitrogen and oxygen atoms in total. The van der Waals surface area contributed by atoms with Crippen LogP contribution in [-0.4, -0.2) is 0 Å². The summed E-state index contributed by atoms with van der Waals surface area (Å²) < 4.78 is 0. The molecule has 0 heteroatoms. The van der Waals surface area contributed by atoms with E-state index in [2.05, 4.69) is 76.2 Å². The summed E-state index contributed by atoms with van der Waals surface area (Å²) in [5.41, 5.74) is 6.17. The molecule has 1 aliphatic rings. The number of hydrogen-bond donors (Lipinski definition) is 0. The second-order valence-electron chi connectivity index (χ2n) is 6.27. The summed E-state index contributed by atoms with van der Waals surface area (Å²) in [5, 5.41) is 0. The first kappa shape index (κ1) is 17.5. The van der Waals surface area contributed by atoms with Crippen LogP contribution in [-0.2, 0) is 11.8 Å². The van der Waals surface area contributed by atoms with Gasteiger partial charge in [0.05, 0.1) is 0 Å². The Morgan fingerprint density at radius 1 is 0.810 bits per heavy atom. The Labute approximate surface area is 131 Å². The van der Waals surface area contributed by atoms with Gasteiger partial charge in [-0.2, -0.15) is 0 Å². The van der Waals surface area contributed by atoms with Crippen molar-refractivity contribution in [2.45, 2.75) is 59.8 Å². The van der Waals surface area contributed by atoms with E-state index < -0.39 is 0 Å². The lowest BCUT2D eigenvalue weighted by Crippen LogP contribution is -1.98. The maximum atomic E-state index is 2.34. The van der Waals surface area contributed by atoms with Gasteiger partial charge < -0.3 is 0 Å². The predicted octanol–water partition coefficient (Wildman–Crippen LogP) is 6.24. The van der Waals surface area contributed by atoms with E-state index in [0.29, 0.717) is 5.41 Å². The maximum Gasteiger partial charge on any atom is -0.00746 e. The topological polar surface area (TPSA) is 0 Å². The van der Waals surface area contributed by atoms with E-state index in [0.717, 1.165) is 6.42 Å². The van der Waals surface area contributed by atoms with Crippen molar-refractivity contribution in [1.82, 2.24) is 0 Å². The van der Waals surface area contributed by atoms with Gasteiger partial charge in [-0.15, -0.1) is 0 Å². The van der Waals surface area contributed by atoms with Crippen molar-refractivity contribution in [3.8, 4) is 0 Å². The molecule has 21 heavy (non-hydrogen) atoms. The van der Waals surface area contributed by atoms with Crippen LogP contribution in [0.25, 0.3) is 0 Å². The van der Waals surface area contributed by atoms with Crippen LogP contribution < -0.4 is 0 Å². The minimum Gasteiger partial charge on any atom is -0.0776 e. The number of benzene rings is 2. The van der Waals surface area contributed by atoms with Crippen molar-refractivity contribution < 1.29 is 0 Å². The molecule has 2 aromatic rings. The van der Waals surface area contributed by atoms with Gasteiger partial charge in [0.15, 0.2) is 0 Å². The van der Waals surface area contributed by atoms with Crippen LogP contribution >= 0.6 is 0 Å². The lowest BCUT2D eigenvalue weighted by Gasteiger charge is -2.07. The van der Waals surface area contributed by atoms with Crippen LogP contribution in [0, 0.1) is 13.8 Å². The molecule has 0 amide bonds. The molecule has 1 saturated carbocycles. The molecule has 1 fully saturated rings. The number of hydrogen-bond acceptors (Lipinski definition) is 0. The lowest BCUT2D eigenvalue weighted by molar-refractivity contribution is 0.787. The van der Waals surface area contributed by atoms with E-state index in [1.54, 1.807) is 0 Å². The Balaban J connectivity index is 0.000000205. The smallest absolute Gasteiger partial charge is 0.00746 e. The normalized spacial score (nSPS) is 14.5. The Bertz CT molecular complexity index is 527. The second-order valence-corrected chi connectivity index (χ2v) is 6.27. The summed E-state index contributed by atoms with van der Waals surface area (Å²) >= 11 is 0. The van der Waals surface area contributed by atoms with Gasteiger partial charge in [-0.1, -0.05) is 80.9 Å². The minimum atomic E-state index is 0. The van der Waals surface area contributed by atoms with Gasteiger partial charge in [0.1, 0.15) is 0 Å². The first-order chi connectivity index (χ1) is 9.53. The van der Waals surface area contributed by atoms with Crippen LogP contribution in [0.2, 0.25) is 0 Å². The summed E-state index contributed by atoms with van der Waals surface area (Å²) in [6.45, 7) is 8.76. The maximum absolute atomic E-state index is 2.34. The standard InChI is InChI=1S/C11H14.C9H12.CH4/c1-9-3-5-10(6-4-9)11(2)7-8-11;1-3-9-6-4-8(2)5-7-9;/h3-6H,7-8H2,1-2H3;4-7H,3H2,1-2H3;1H4. The molecule has 3 rings (SSSR count). The van der Waals surface area contributed by atoms with E-state index in [9.17, 15) is 0 Å². The highest BCUT2D eigenvalue weighted by Gasteiger charge is 2.38. The van der Waals surface area contributed by atoms with Crippen LogP contribution in [0.3, 0.4) is 0 Å². The predicted molar refractivity (Wildman–Crippen MR) is 95.1 cm³/mol. The van der Waals surface area contributed by atoms with Crippen molar-refractivity contribution in [3.63, 3.8) is 0 Å². The van der Waals surface area contributed by atoms with Crippen molar-refractivity contribution in [1.29, 1.82) is 0 Å². The lowest BCUT2D eigenvalue weighted by atomic mass is 9.98. The average Bonchev–Trinajstić information content (AvgIpc) is 3.20. The molecule has 1 aliphatic carbocycles. The molecule has 0 atom stereocenters. The van der Waals surface area contributed by atoms with E-state index in [1.807, 2.05) is 0 Å². The van der Waals surface area contributed by atoms with Crippen LogP contribution in [0.15, 0.2) is 48.5 Å². The van der Waals surface area contributed by atoms with Crippen molar-refractivity contribution in [2.24, 2.45) is 0 Å². The summed E-state index contributed by atoms with van der Waals surface area (Å²) in [6.07, 6.45) is 3.88. The molecule has 0 aliphatic heterocycles. The SMILES string of the molecule is C.CCc1ccc(C)cc1.Cc1ccc(C2(C)CC2)cc1. The Morgan fingerprint density at radius 3 is 1.62 bits per heavy atom. The highest BCUT2D eigenvalue weighted by Crippen LogP contribution is 2.47. The van der Waals surface area contributed by atoms with Gasteiger partial charge in [-0.3, -0.25) is 0 Å². The van der Waals surface area contributed by atoms with E-state index in [1.165, 1.54) is 35.1 Å². The highest BCUT2D eigenvalue weighted by molar-refractivity contribution is 5.32. The van der Waals surface area contributed by atoms with Gasteiger partial charge in [0.25, 0.3) is 0 Å². The van der Waals surface area contributed by atoms with E-state index in [4.69, 9.17) is 0 Å². The third-order valence-electron chi connectivity index (χ3n) is 4.28. The first-order valence-electron chi connectivity index (χ1n) is 7.66. The molecule has 0 N–H and O–H groups in total. The van der Waals surface area contributed by atoms with Crippen molar-refractivity contribution in [3.05, 3.63) is 70.8 Å². The third-order valence-corrected chi connectivity index (χ3v) is 4.28. The quantitative estimate of drug-likeness (QED) is 0.611. The molecular formula is C21H30. The molecule has 0 aromatic heterocycles. The Hall–Kier alpha value is -1.56. The summed E-state index contributed by atoms with van der Waals surface area (Å²) in [5.74, 6) is 0. The number of aryl methyl sites for hydroxylation is 3. The van der Waals surface area contributed by atoms with Gasteiger partial charge in [0, 0.05) is 0 Å². The summed E-state index contributed by atoms with van der Waals surface area (Å²) in [7, 11) is 0. The van der Waals surface area contributed by atoms with Crippen molar-refractivity contribution in [2.75, 3.05) is 0 Å². The zero-order valence-electron chi connectivity index (χ0n) is 13.2. The van der Waals surface area contributed by atoms with E-state index in [-0.39, 0.29) is 7.43 Å². The molecule has 2 aromatic carbocycles. The molecule has 0 radical (unpaired) electrons. The highest BCUT2D eigenvalue weighted by atomic mass is 14.4. The fraction of sp³-hybridized carbons (Fsp3) is 0.429. The molecule has 114 valence electrons. The average molecular weight is 282 g/mol. The fourth-order valence-electron chi connectivity index (χ4n) is 2.26. The van der Waals surface area contributed by atoms with Crippen LogP contribution in [0.1, 0.15) is 56.4 Å². The molecule has 0 unspecified atom stereocenters. The Morgan fingerprint density at radius 2 is 1.24 bits per heavy atom. The van der Waals surface area contributed by atoms with Crippen molar-refractivity contribution >= 4 is 0 Å². The summed E-state index contributed by atoms with van der Waals surface area (Å²) in [4.78, 5) is 0. The second kappa shape index (κ2) is 7.45.